The number of benzene rings is 2. The van der Waals surface area contributed by atoms with Gasteiger partial charge in [0.05, 0.1) is 17.7 Å². The Bertz CT molecular complexity index is 617. The molecular formula is C15H15ClFNO2. The van der Waals surface area contributed by atoms with Crippen LogP contribution in [0.15, 0.2) is 36.4 Å². The van der Waals surface area contributed by atoms with Crippen LogP contribution in [-0.4, -0.2) is 7.11 Å². The molecule has 5 heteroatoms. The Balaban J connectivity index is 2.43. The Labute approximate surface area is 122 Å². The zero-order valence-electron chi connectivity index (χ0n) is 11.2. The maximum absolute atomic E-state index is 13.0. The van der Waals surface area contributed by atoms with Crippen LogP contribution in [0.4, 0.5) is 4.39 Å². The maximum atomic E-state index is 13.0. The second-order valence-electron chi connectivity index (χ2n) is 4.34. The van der Waals surface area contributed by atoms with Crippen LogP contribution in [0.3, 0.4) is 0 Å². The molecule has 2 N–H and O–H groups in total. The lowest BCUT2D eigenvalue weighted by atomic mass is 10.1. The van der Waals surface area contributed by atoms with Crippen molar-refractivity contribution in [3.8, 4) is 17.2 Å². The van der Waals surface area contributed by atoms with Gasteiger partial charge in [-0.15, -0.1) is 0 Å². The Morgan fingerprint density at radius 2 is 1.85 bits per heavy atom. The molecule has 0 amide bonds. The van der Waals surface area contributed by atoms with Gasteiger partial charge in [0.2, 0.25) is 0 Å². The topological polar surface area (TPSA) is 44.5 Å². The third-order valence-corrected chi connectivity index (χ3v) is 3.11. The first-order chi connectivity index (χ1) is 9.52. The van der Waals surface area contributed by atoms with E-state index in [4.69, 9.17) is 26.8 Å². The Hall–Kier alpha value is -1.78. The Kier molecular flexibility index (Phi) is 4.47. The van der Waals surface area contributed by atoms with Crippen LogP contribution in [0.25, 0.3) is 0 Å². The number of rotatable bonds is 4. The highest BCUT2D eigenvalue weighted by Gasteiger charge is 2.16. The van der Waals surface area contributed by atoms with Gasteiger partial charge in [0, 0.05) is 6.04 Å². The van der Waals surface area contributed by atoms with Crippen LogP contribution in [0.5, 0.6) is 17.2 Å². The van der Waals surface area contributed by atoms with E-state index in [0.29, 0.717) is 17.2 Å². The average Bonchev–Trinajstić information content (AvgIpc) is 2.41. The van der Waals surface area contributed by atoms with E-state index >= 15 is 0 Å². The number of hydrogen-bond acceptors (Lipinski definition) is 3. The van der Waals surface area contributed by atoms with E-state index in [1.807, 2.05) is 6.92 Å². The minimum atomic E-state index is -0.416. The summed E-state index contributed by atoms with van der Waals surface area (Å²) in [6.07, 6.45) is 0. The van der Waals surface area contributed by atoms with Crippen LogP contribution >= 0.6 is 11.6 Å². The van der Waals surface area contributed by atoms with Crippen molar-refractivity contribution in [3.05, 3.63) is 52.8 Å². The van der Waals surface area contributed by atoms with E-state index in [1.54, 1.807) is 25.3 Å². The first kappa shape index (κ1) is 14.6. The SMILES string of the molecule is COc1cccc(Oc2ccc(F)cc2Cl)c1[C@H](C)N. The molecule has 0 bridgehead atoms. The molecule has 0 fully saturated rings. The highest BCUT2D eigenvalue weighted by molar-refractivity contribution is 6.32. The van der Waals surface area contributed by atoms with Crippen molar-refractivity contribution < 1.29 is 13.9 Å². The minimum Gasteiger partial charge on any atom is -0.496 e. The summed E-state index contributed by atoms with van der Waals surface area (Å²) >= 11 is 5.96. The molecule has 0 heterocycles. The van der Waals surface area contributed by atoms with Gasteiger partial charge in [-0.3, -0.25) is 0 Å². The quantitative estimate of drug-likeness (QED) is 0.914. The summed E-state index contributed by atoms with van der Waals surface area (Å²) in [6, 6.07) is 9.04. The standard InChI is InChI=1S/C15H15ClFNO2/c1-9(18)15-13(19-2)4-3-5-14(15)20-12-7-6-10(17)8-11(12)16/h3-9H,18H2,1-2H3/t9-/m0/s1. The molecule has 0 aliphatic rings. The first-order valence-corrected chi connectivity index (χ1v) is 6.46. The largest absolute Gasteiger partial charge is 0.496 e. The lowest BCUT2D eigenvalue weighted by Gasteiger charge is -2.17. The molecule has 106 valence electrons. The van der Waals surface area contributed by atoms with Gasteiger partial charge in [0.25, 0.3) is 0 Å². The normalized spacial score (nSPS) is 12.1. The minimum absolute atomic E-state index is 0.198. The van der Waals surface area contributed by atoms with Crippen molar-refractivity contribution in [1.29, 1.82) is 0 Å². The van der Waals surface area contributed by atoms with E-state index in [1.165, 1.54) is 18.2 Å². The van der Waals surface area contributed by atoms with Crippen molar-refractivity contribution in [1.82, 2.24) is 0 Å². The molecule has 2 aromatic rings. The number of hydrogen-bond donors (Lipinski definition) is 1. The van der Waals surface area contributed by atoms with E-state index in [2.05, 4.69) is 0 Å². The maximum Gasteiger partial charge on any atom is 0.146 e. The third-order valence-electron chi connectivity index (χ3n) is 2.82. The first-order valence-electron chi connectivity index (χ1n) is 6.08. The number of halogens is 2. The molecule has 2 rings (SSSR count). The van der Waals surface area contributed by atoms with Crippen LogP contribution in [0, 0.1) is 5.82 Å². The fraction of sp³-hybridized carbons (Fsp3) is 0.200. The summed E-state index contributed by atoms with van der Waals surface area (Å²) < 4.78 is 24.1. The van der Waals surface area contributed by atoms with Gasteiger partial charge >= 0.3 is 0 Å². The third kappa shape index (κ3) is 3.03. The fourth-order valence-corrected chi connectivity index (χ4v) is 2.12. The van der Waals surface area contributed by atoms with Crippen LogP contribution in [-0.2, 0) is 0 Å². The van der Waals surface area contributed by atoms with Crippen molar-refractivity contribution >= 4 is 11.6 Å². The zero-order valence-corrected chi connectivity index (χ0v) is 11.9. The molecular weight excluding hydrogens is 281 g/mol. The average molecular weight is 296 g/mol. The summed E-state index contributed by atoms with van der Waals surface area (Å²) in [5, 5.41) is 0.198. The number of ether oxygens (including phenoxy) is 2. The highest BCUT2D eigenvalue weighted by Crippen LogP contribution is 2.37. The predicted octanol–water partition coefficient (Wildman–Crippen LogP) is 4.30. The summed E-state index contributed by atoms with van der Waals surface area (Å²) in [4.78, 5) is 0. The summed E-state index contributed by atoms with van der Waals surface area (Å²) in [6.45, 7) is 1.83. The van der Waals surface area contributed by atoms with Gasteiger partial charge in [-0.2, -0.15) is 0 Å². The van der Waals surface area contributed by atoms with E-state index in [0.717, 1.165) is 5.56 Å². The van der Waals surface area contributed by atoms with E-state index in [-0.39, 0.29) is 11.1 Å². The van der Waals surface area contributed by atoms with Gasteiger partial charge < -0.3 is 15.2 Å². The van der Waals surface area contributed by atoms with E-state index in [9.17, 15) is 4.39 Å². The van der Waals surface area contributed by atoms with Crippen molar-refractivity contribution in [2.24, 2.45) is 5.73 Å². The lowest BCUT2D eigenvalue weighted by Crippen LogP contribution is -2.08. The van der Waals surface area contributed by atoms with Gasteiger partial charge in [0.15, 0.2) is 0 Å². The molecule has 0 saturated heterocycles. The Morgan fingerprint density at radius 3 is 2.45 bits per heavy atom. The molecule has 3 nitrogen and oxygen atoms in total. The Morgan fingerprint density at radius 1 is 1.15 bits per heavy atom. The van der Waals surface area contributed by atoms with Gasteiger partial charge in [-0.1, -0.05) is 17.7 Å². The van der Waals surface area contributed by atoms with Gasteiger partial charge in [0.1, 0.15) is 23.1 Å². The van der Waals surface area contributed by atoms with Crippen LogP contribution in [0.1, 0.15) is 18.5 Å². The second kappa shape index (κ2) is 6.11. The van der Waals surface area contributed by atoms with Gasteiger partial charge in [-0.25, -0.2) is 4.39 Å². The smallest absolute Gasteiger partial charge is 0.146 e. The van der Waals surface area contributed by atoms with E-state index < -0.39 is 5.82 Å². The molecule has 2 aromatic carbocycles. The van der Waals surface area contributed by atoms with Crippen molar-refractivity contribution in [2.45, 2.75) is 13.0 Å². The molecule has 0 aromatic heterocycles. The molecule has 0 radical (unpaired) electrons. The van der Waals surface area contributed by atoms with Crippen molar-refractivity contribution in [2.75, 3.05) is 7.11 Å². The molecule has 0 spiro atoms. The molecule has 0 aliphatic carbocycles. The van der Waals surface area contributed by atoms with Crippen LogP contribution in [0.2, 0.25) is 5.02 Å². The highest BCUT2D eigenvalue weighted by atomic mass is 35.5. The molecule has 1 atom stereocenters. The van der Waals surface area contributed by atoms with Crippen LogP contribution < -0.4 is 15.2 Å². The summed E-state index contributed by atoms with van der Waals surface area (Å²) in [5.41, 5.74) is 6.69. The number of nitrogens with two attached hydrogens (primary N) is 1. The second-order valence-corrected chi connectivity index (χ2v) is 4.74. The number of methoxy groups -OCH3 is 1. The molecule has 0 unspecified atom stereocenters. The zero-order chi connectivity index (χ0) is 14.7. The lowest BCUT2D eigenvalue weighted by molar-refractivity contribution is 0.397. The van der Waals surface area contributed by atoms with Crippen molar-refractivity contribution in [3.63, 3.8) is 0 Å². The summed E-state index contributed by atoms with van der Waals surface area (Å²) in [5.74, 6) is 1.12. The summed E-state index contributed by atoms with van der Waals surface area (Å²) in [7, 11) is 1.57. The van der Waals surface area contributed by atoms with Gasteiger partial charge in [-0.05, 0) is 37.3 Å². The predicted molar refractivity (Wildman–Crippen MR) is 77.1 cm³/mol. The fourth-order valence-electron chi connectivity index (χ4n) is 1.92. The molecule has 0 aliphatic heterocycles. The molecule has 0 saturated carbocycles. The monoisotopic (exact) mass is 295 g/mol. The molecule has 20 heavy (non-hydrogen) atoms.